The number of hydrogen-bond donors (Lipinski definition) is 1. The second-order valence-electron chi connectivity index (χ2n) is 6.14. The summed E-state index contributed by atoms with van der Waals surface area (Å²) in [5.74, 6) is 2.94. The number of nitrogens with zero attached hydrogens (tertiary/aromatic N) is 2. The summed E-state index contributed by atoms with van der Waals surface area (Å²) in [6.07, 6.45) is 5.33. The molecule has 1 aromatic rings. The van der Waals surface area contributed by atoms with E-state index in [4.69, 9.17) is 4.98 Å². The minimum Gasteiger partial charge on any atom is -0.356 e. The highest BCUT2D eigenvalue weighted by molar-refractivity contribution is 7.98. The number of pyridine rings is 1. The first-order valence-electron chi connectivity index (χ1n) is 7.87. The topological polar surface area (TPSA) is 28.2 Å². The zero-order valence-electron chi connectivity index (χ0n) is 14.4. The molecule has 1 N–H and O–H groups in total. The van der Waals surface area contributed by atoms with Gasteiger partial charge in [-0.25, -0.2) is 4.98 Å². The molecule has 1 aromatic heterocycles. The van der Waals surface area contributed by atoms with E-state index in [0.29, 0.717) is 12.0 Å². The first-order valence-corrected chi connectivity index (χ1v) is 9.26. The Bertz CT molecular complexity index is 420. The third-order valence-corrected chi connectivity index (χ3v) is 4.42. The van der Waals surface area contributed by atoms with Gasteiger partial charge in [0, 0.05) is 31.6 Å². The van der Waals surface area contributed by atoms with Crippen LogP contribution in [-0.2, 0) is 6.54 Å². The van der Waals surface area contributed by atoms with Gasteiger partial charge in [0.15, 0.2) is 0 Å². The predicted octanol–water partition coefficient (Wildman–Crippen LogP) is 3.71. The lowest BCUT2D eigenvalue weighted by molar-refractivity contribution is 0.551. The highest BCUT2D eigenvalue weighted by atomic mass is 32.2. The van der Waals surface area contributed by atoms with Gasteiger partial charge >= 0.3 is 0 Å². The average Bonchev–Trinajstić information content (AvgIpc) is 2.44. The van der Waals surface area contributed by atoms with E-state index in [9.17, 15) is 0 Å². The van der Waals surface area contributed by atoms with Crippen molar-refractivity contribution in [1.29, 1.82) is 0 Å². The van der Waals surface area contributed by atoms with Crippen LogP contribution in [0, 0.1) is 12.8 Å². The highest BCUT2D eigenvalue weighted by Crippen LogP contribution is 2.21. The van der Waals surface area contributed by atoms with Crippen molar-refractivity contribution in [2.45, 2.75) is 46.7 Å². The summed E-state index contributed by atoms with van der Waals surface area (Å²) in [4.78, 5) is 7.03. The van der Waals surface area contributed by atoms with E-state index >= 15 is 0 Å². The van der Waals surface area contributed by atoms with Crippen LogP contribution < -0.4 is 10.2 Å². The number of aromatic nitrogens is 1. The SMILES string of the molecule is CCC(CSC)N(C)c1ncc(CNCC(C)C)cc1C. The summed E-state index contributed by atoms with van der Waals surface area (Å²) in [5.41, 5.74) is 2.53. The van der Waals surface area contributed by atoms with Gasteiger partial charge in [-0.05, 0) is 49.3 Å². The van der Waals surface area contributed by atoms with Crippen molar-refractivity contribution >= 4 is 17.6 Å². The zero-order chi connectivity index (χ0) is 15.8. The van der Waals surface area contributed by atoms with Crippen molar-refractivity contribution in [2.75, 3.05) is 30.5 Å². The molecule has 0 saturated heterocycles. The smallest absolute Gasteiger partial charge is 0.131 e. The second-order valence-corrected chi connectivity index (χ2v) is 7.05. The van der Waals surface area contributed by atoms with Crippen molar-refractivity contribution < 1.29 is 0 Å². The normalized spacial score (nSPS) is 12.7. The van der Waals surface area contributed by atoms with Crippen molar-refractivity contribution in [1.82, 2.24) is 10.3 Å². The van der Waals surface area contributed by atoms with Crippen LogP contribution in [0.2, 0.25) is 0 Å². The monoisotopic (exact) mass is 309 g/mol. The van der Waals surface area contributed by atoms with Crippen LogP contribution in [0.1, 0.15) is 38.3 Å². The number of rotatable bonds is 9. The van der Waals surface area contributed by atoms with Crippen LogP contribution in [0.3, 0.4) is 0 Å². The Morgan fingerprint density at radius 1 is 1.38 bits per heavy atom. The highest BCUT2D eigenvalue weighted by Gasteiger charge is 2.15. The maximum Gasteiger partial charge on any atom is 0.131 e. The molecule has 0 amide bonds. The fourth-order valence-electron chi connectivity index (χ4n) is 2.47. The summed E-state index contributed by atoms with van der Waals surface area (Å²) >= 11 is 1.90. The molecule has 4 heteroatoms. The van der Waals surface area contributed by atoms with E-state index in [2.05, 4.69) is 57.3 Å². The van der Waals surface area contributed by atoms with Gasteiger partial charge in [0.1, 0.15) is 5.82 Å². The molecule has 3 nitrogen and oxygen atoms in total. The van der Waals surface area contributed by atoms with Crippen LogP contribution in [0.15, 0.2) is 12.3 Å². The number of thioether (sulfide) groups is 1. The van der Waals surface area contributed by atoms with Gasteiger partial charge in [-0.3, -0.25) is 0 Å². The van der Waals surface area contributed by atoms with Crippen LogP contribution >= 0.6 is 11.8 Å². The van der Waals surface area contributed by atoms with Gasteiger partial charge in [-0.2, -0.15) is 11.8 Å². The summed E-state index contributed by atoms with van der Waals surface area (Å²) in [6, 6.07) is 2.81. The van der Waals surface area contributed by atoms with E-state index in [1.54, 1.807) is 0 Å². The van der Waals surface area contributed by atoms with E-state index in [-0.39, 0.29) is 0 Å². The largest absolute Gasteiger partial charge is 0.356 e. The van der Waals surface area contributed by atoms with Crippen molar-refractivity contribution in [3.8, 4) is 0 Å². The molecule has 1 unspecified atom stereocenters. The lowest BCUT2D eigenvalue weighted by Gasteiger charge is -2.29. The summed E-state index contributed by atoms with van der Waals surface area (Å²) in [7, 11) is 2.16. The quantitative estimate of drug-likeness (QED) is 0.752. The molecule has 0 saturated carbocycles. The molecule has 0 radical (unpaired) electrons. The summed E-state index contributed by atoms with van der Waals surface area (Å²) in [5, 5.41) is 3.47. The molecule has 21 heavy (non-hydrogen) atoms. The van der Waals surface area contributed by atoms with E-state index in [0.717, 1.165) is 31.1 Å². The summed E-state index contributed by atoms with van der Waals surface area (Å²) in [6.45, 7) is 10.8. The second kappa shape index (κ2) is 9.31. The van der Waals surface area contributed by atoms with E-state index in [1.165, 1.54) is 11.1 Å². The van der Waals surface area contributed by atoms with Crippen molar-refractivity contribution in [2.24, 2.45) is 5.92 Å². The van der Waals surface area contributed by atoms with Gasteiger partial charge in [0.2, 0.25) is 0 Å². The lowest BCUT2D eigenvalue weighted by atomic mass is 10.1. The molecule has 1 rings (SSSR count). The molecule has 0 aliphatic carbocycles. The van der Waals surface area contributed by atoms with Crippen molar-refractivity contribution in [3.63, 3.8) is 0 Å². The van der Waals surface area contributed by atoms with Crippen LogP contribution in [0.25, 0.3) is 0 Å². The first-order chi connectivity index (χ1) is 9.99. The Balaban J connectivity index is 2.72. The third kappa shape index (κ3) is 5.87. The Labute approximate surface area is 134 Å². The molecular formula is C17H31N3S. The van der Waals surface area contributed by atoms with Crippen molar-refractivity contribution in [3.05, 3.63) is 23.4 Å². The molecule has 0 fully saturated rings. The van der Waals surface area contributed by atoms with Gasteiger partial charge < -0.3 is 10.2 Å². The molecule has 0 aliphatic heterocycles. The number of aryl methyl sites for hydroxylation is 1. The van der Waals surface area contributed by atoms with Gasteiger partial charge in [0.05, 0.1) is 0 Å². The number of anilines is 1. The predicted molar refractivity (Wildman–Crippen MR) is 96.4 cm³/mol. The Hall–Kier alpha value is -0.740. The molecular weight excluding hydrogens is 278 g/mol. The van der Waals surface area contributed by atoms with E-state index < -0.39 is 0 Å². The molecule has 0 spiro atoms. The number of nitrogens with one attached hydrogen (secondary N) is 1. The maximum absolute atomic E-state index is 4.70. The maximum atomic E-state index is 4.70. The summed E-state index contributed by atoms with van der Waals surface area (Å²) < 4.78 is 0. The van der Waals surface area contributed by atoms with Gasteiger partial charge in [-0.1, -0.05) is 20.8 Å². The Morgan fingerprint density at radius 2 is 2.10 bits per heavy atom. The fraction of sp³-hybridized carbons (Fsp3) is 0.706. The molecule has 120 valence electrons. The molecule has 0 aliphatic rings. The molecule has 0 bridgehead atoms. The fourth-order valence-corrected chi connectivity index (χ4v) is 3.31. The Morgan fingerprint density at radius 3 is 2.62 bits per heavy atom. The number of hydrogen-bond acceptors (Lipinski definition) is 4. The molecule has 0 aromatic carbocycles. The minimum absolute atomic E-state index is 0.552. The van der Waals surface area contributed by atoms with Gasteiger partial charge in [-0.15, -0.1) is 0 Å². The van der Waals surface area contributed by atoms with Gasteiger partial charge in [0.25, 0.3) is 0 Å². The average molecular weight is 310 g/mol. The first kappa shape index (κ1) is 18.3. The third-order valence-electron chi connectivity index (χ3n) is 3.70. The lowest BCUT2D eigenvalue weighted by Crippen LogP contribution is -2.34. The van der Waals surface area contributed by atoms with Crippen LogP contribution in [0.4, 0.5) is 5.82 Å². The standard InChI is InChI=1S/C17H31N3S/c1-7-16(12-21-6)20(5)17-14(4)8-15(11-19-17)10-18-9-13(2)3/h8,11,13,16,18H,7,9-10,12H2,1-6H3. The molecule has 1 atom stereocenters. The zero-order valence-corrected chi connectivity index (χ0v) is 15.3. The minimum atomic E-state index is 0.552. The Kier molecular flexibility index (Phi) is 8.12. The van der Waals surface area contributed by atoms with E-state index in [1.807, 2.05) is 18.0 Å². The molecule has 1 heterocycles. The van der Waals surface area contributed by atoms with Crippen LogP contribution in [0.5, 0.6) is 0 Å². The van der Waals surface area contributed by atoms with Crippen LogP contribution in [-0.4, -0.2) is 36.6 Å².